The van der Waals surface area contributed by atoms with Crippen molar-refractivity contribution < 1.29 is 0 Å². The number of hydrogen-bond donors (Lipinski definition) is 1. The zero-order chi connectivity index (χ0) is 11.6. The molecule has 16 heavy (non-hydrogen) atoms. The second-order valence-corrected chi connectivity index (χ2v) is 5.05. The molecule has 0 N–H and O–H groups in total. The summed E-state index contributed by atoms with van der Waals surface area (Å²) in [7, 11) is 0. The molecule has 0 aliphatic rings. The minimum absolute atomic E-state index is 1.06. The third kappa shape index (κ3) is 6.22. The molecule has 0 aliphatic heterocycles. The van der Waals surface area contributed by atoms with Gasteiger partial charge < -0.3 is 0 Å². The van der Waals surface area contributed by atoms with E-state index in [0.29, 0.717) is 0 Å². The maximum Gasteiger partial charge on any atom is 0.00401 e. The molecule has 0 aliphatic carbocycles. The number of thiol groups is 1. The van der Waals surface area contributed by atoms with Crippen molar-refractivity contribution in [3.8, 4) is 0 Å². The van der Waals surface area contributed by atoms with E-state index in [-0.39, 0.29) is 0 Å². The Labute approximate surface area is 106 Å². The van der Waals surface area contributed by atoms with Gasteiger partial charge in [-0.15, -0.1) is 12.6 Å². The third-order valence-electron chi connectivity index (χ3n) is 3.01. The van der Waals surface area contributed by atoms with Crippen LogP contribution in [0.5, 0.6) is 0 Å². The first-order chi connectivity index (χ1) is 7.83. The van der Waals surface area contributed by atoms with Crippen LogP contribution in [0.15, 0.2) is 29.2 Å². The van der Waals surface area contributed by atoms with Gasteiger partial charge in [-0.25, -0.2) is 0 Å². The summed E-state index contributed by atoms with van der Waals surface area (Å²) >= 11 is 4.29. The van der Waals surface area contributed by atoms with Crippen LogP contribution in [0, 0.1) is 0 Å². The molecule has 0 nitrogen and oxygen atoms in total. The summed E-state index contributed by atoms with van der Waals surface area (Å²) < 4.78 is 0. The molecule has 0 spiro atoms. The van der Waals surface area contributed by atoms with Crippen molar-refractivity contribution in [3.63, 3.8) is 0 Å². The van der Waals surface area contributed by atoms with Gasteiger partial charge in [0, 0.05) is 4.90 Å². The Morgan fingerprint density at radius 1 is 0.812 bits per heavy atom. The second-order valence-electron chi connectivity index (χ2n) is 4.54. The zero-order valence-corrected chi connectivity index (χ0v) is 11.3. The molecule has 0 amide bonds. The van der Waals surface area contributed by atoms with E-state index in [1.165, 1.54) is 56.9 Å². The van der Waals surface area contributed by atoms with E-state index in [4.69, 9.17) is 0 Å². The number of aryl methyl sites for hydroxylation is 1. The van der Waals surface area contributed by atoms with Gasteiger partial charge in [-0.3, -0.25) is 0 Å². The van der Waals surface area contributed by atoms with Crippen LogP contribution in [0.3, 0.4) is 0 Å². The summed E-state index contributed by atoms with van der Waals surface area (Å²) in [5.74, 6) is 0. The van der Waals surface area contributed by atoms with Gasteiger partial charge in [0.2, 0.25) is 0 Å². The first-order valence-corrected chi connectivity index (χ1v) is 7.05. The lowest BCUT2D eigenvalue weighted by Gasteiger charge is -2.02. The number of rotatable bonds is 8. The van der Waals surface area contributed by atoms with Crippen molar-refractivity contribution in [2.45, 2.75) is 63.2 Å². The van der Waals surface area contributed by atoms with Crippen LogP contribution in [-0.2, 0) is 6.42 Å². The molecule has 90 valence electrons. The smallest absolute Gasteiger partial charge is 0.00401 e. The van der Waals surface area contributed by atoms with E-state index < -0.39 is 0 Å². The second kappa shape index (κ2) is 8.69. The van der Waals surface area contributed by atoms with Crippen LogP contribution >= 0.6 is 12.6 Å². The van der Waals surface area contributed by atoms with Crippen LogP contribution in [0.4, 0.5) is 0 Å². The SMILES string of the molecule is CCCCCCCCCc1ccc(S)cc1. The van der Waals surface area contributed by atoms with Crippen LogP contribution in [0.1, 0.15) is 57.4 Å². The van der Waals surface area contributed by atoms with Crippen molar-refractivity contribution in [3.05, 3.63) is 29.8 Å². The summed E-state index contributed by atoms with van der Waals surface area (Å²) in [6.45, 7) is 2.27. The Kier molecular flexibility index (Phi) is 7.41. The maximum absolute atomic E-state index is 4.29. The Bertz CT molecular complexity index is 263. The molecule has 0 saturated heterocycles. The van der Waals surface area contributed by atoms with Gasteiger partial charge in [0.05, 0.1) is 0 Å². The normalized spacial score (nSPS) is 10.6. The van der Waals surface area contributed by atoms with Gasteiger partial charge in [-0.1, -0.05) is 57.6 Å². The van der Waals surface area contributed by atoms with Gasteiger partial charge in [-0.2, -0.15) is 0 Å². The van der Waals surface area contributed by atoms with E-state index in [9.17, 15) is 0 Å². The van der Waals surface area contributed by atoms with Crippen LogP contribution < -0.4 is 0 Å². The molecule has 0 aromatic heterocycles. The Hall–Kier alpha value is -0.430. The Balaban J connectivity index is 2.01. The summed E-state index contributed by atoms with van der Waals surface area (Å²) in [5, 5.41) is 0. The summed E-state index contributed by atoms with van der Waals surface area (Å²) in [6, 6.07) is 8.55. The molecule has 0 atom stereocenters. The fraction of sp³-hybridized carbons (Fsp3) is 0.600. The molecule has 0 bridgehead atoms. The average Bonchev–Trinajstić information content (AvgIpc) is 2.30. The van der Waals surface area contributed by atoms with Crippen molar-refractivity contribution >= 4 is 12.6 Å². The standard InChI is InChI=1S/C15H24S/c1-2-3-4-5-6-7-8-9-14-10-12-15(16)13-11-14/h10-13,16H,2-9H2,1H3. The molecule has 1 rings (SSSR count). The lowest BCUT2D eigenvalue weighted by molar-refractivity contribution is 0.589. The van der Waals surface area contributed by atoms with Gasteiger partial charge in [0.25, 0.3) is 0 Å². The molecular weight excluding hydrogens is 212 g/mol. The number of hydrogen-bond acceptors (Lipinski definition) is 1. The van der Waals surface area contributed by atoms with E-state index in [1.54, 1.807) is 0 Å². The molecule has 1 heteroatoms. The minimum atomic E-state index is 1.06. The molecule has 0 radical (unpaired) electrons. The van der Waals surface area contributed by atoms with Crippen LogP contribution in [0.2, 0.25) is 0 Å². The lowest BCUT2D eigenvalue weighted by Crippen LogP contribution is -1.86. The van der Waals surface area contributed by atoms with Crippen molar-refractivity contribution in [1.82, 2.24) is 0 Å². The monoisotopic (exact) mass is 236 g/mol. The van der Waals surface area contributed by atoms with Gasteiger partial charge in [0.15, 0.2) is 0 Å². The Morgan fingerprint density at radius 2 is 1.38 bits per heavy atom. The fourth-order valence-corrected chi connectivity index (χ4v) is 2.10. The molecule has 0 heterocycles. The lowest BCUT2D eigenvalue weighted by atomic mass is 10.0. The number of unbranched alkanes of at least 4 members (excludes halogenated alkanes) is 6. The first kappa shape index (κ1) is 13.6. The summed E-state index contributed by atoms with van der Waals surface area (Å²) in [6.07, 6.45) is 10.9. The maximum atomic E-state index is 4.29. The van der Waals surface area contributed by atoms with E-state index >= 15 is 0 Å². The predicted molar refractivity (Wildman–Crippen MR) is 75.4 cm³/mol. The van der Waals surface area contributed by atoms with Crippen molar-refractivity contribution in [1.29, 1.82) is 0 Å². The van der Waals surface area contributed by atoms with E-state index in [1.807, 2.05) is 0 Å². The van der Waals surface area contributed by atoms with Crippen LogP contribution in [-0.4, -0.2) is 0 Å². The van der Waals surface area contributed by atoms with Crippen LogP contribution in [0.25, 0.3) is 0 Å². The molecule has 1 aromatic rings. The highest BCUT2D eigenvalue weighted by Gasteiger charge is 1.94. The average molecular weight is 236 g/mol. The summed E-state index contributed by atoms with van der Waals surface area (Å²) in [5.41, 5.74) is 1.45. The molecular formula is C15H24S. The first-order valence-electron chi connectivity index (χ1n) is 6.61. The number of benzene rings is 1. The van der Waals surface area contributed by atoms with Gasteiger partial charge in [-0.05, 0) is 30.5 Å². The van der Waals surface area contributed by atoms with Gasteiger partial charge >= 0.3 is 0 Å². The van der Waals surface area contributed by atoms with Crippen molar-refractivity contribution in [2.24, 2.45) is 0 Å². The highest BCUT2D eigenvalue weighted by atomic mass is 32.1. The third-order valence-corrected chi connectivity index (χ3v) is 3.30. The van der Waals surface area contributed by atoms with Crippen molar-refractivity contribution in [2.75, 3.05) is 0 Å². The summed E-state index contributed by atoms with van der Waals surface area (Å²) in [4.78, 5) is 1.06. The van der Waals surface area contributed by atoms with Gasteiger partial charge in [0.1, 0.15) is 0 Å². The molecule has 0 unspecified atom stereocenters. The topological polar surface area (TPSA) is 0 Å². The van der Waals surface area contributed by atoms with E-state index in [2.05, 4.69) is 43.8 Å². The highest BCUT2D eigenvalue weighted by molar-refractivity contribution is 7.80. The highest BCUT2D eigenvalue weighted by Crippen LogP contribution is 2.12. The fourth-order valence-electron chi connectivity index (χ4n) is 1.95. The quantitative estimate of drug-likeness (QED) is 0.461. The Morgan fingerprint density at radius 3 is 2.00 bits per heavy atom. The molecule has 1 aromatic carbocycles. The minimum Gasteiger partial charge on any atom is -0.143 e. The predicted octanol–water partition coefficient (Wildman–Crippen LogP) is 5.27. The molecule has 0 saturated carbocycles. The molecule has 0 fully saturated rings. The van der Waals surface area contributed by atoms with E-state index in [0.717, 1.165) is 4.90 Å². The zero-order valence-electron chi connectivity index (χ0n) is 10.4. The largest absolute Gasteiger partial charge is 0.143 e.